The van der Waals surface area contributed by atoms with Crippen LogP contribution in [0.5, 0.6) is 0 Å². The minimum Gasteiger partial charge on any atom is -0.380 e. The Kier molecular flexibility index (Phi) is 15.4. The van der Waals surface area contributed by atoms with Gasteiger partial charge < -0.3 is 25.5 Å². The van der Waals surface area contributed by atoms with Crippen LogP contribution >= 0.6 is 0 Å². The van der Waals surface area contributed by atoms with Gasteiger partial charge in [-0.3, -0.25) is 24.0 Å². The molecule has 1 aromatic carbocycles. The SMILES string of the molecule is CC(=O)CCCCCNC(=O)CCCOCCNC(=O)CC(=O)Nc1ccc(CC(=O)C2CCCCC2=O)cc1. The molecule has 2 rings (SSSR count). The third kappa shape index (κ3) is 14.1. The number of benzene rings is 1. The van der Waals surface area contributed by atoms with Crippen LogP contribution in [0.25, 0.3) is 0 Å². The third-order valence-corrected chi connectivity index (χ3v) is 6.67. The average molecular weight is 558 g/mol. The van der Waals surface area contributed by atoms with E-state index >= 15 is 0 Å². The highest BCUT2D eigenvalue weighted by Gasteiger charge is 2.28. The summed E-state index contributed by atoms with van der Waals surface area (Å²) < 4.78 is 5.43. The van der Waals surface area contributed by atoms with E-state index in [1.165, 1.54) is 0 Å². The van der Waals surface area contributed by atoms with Crippen LogP contribution in [0.15, 0.2) is 24.3 Å². The van der Waals surface area contributed by atoms with Crippen molar-refractivity contribution in [2.45, 2.75) is 84.0 Å². The van der Waals surface area contributed by atoms with Crippen molar-refractivity contribution in [2.75, 3.05) is 31.6 Å². The van der Waals surface area contributed by atoms with Crippen LogP contribution in [0.4, 0.5) is 5.69 Å². The predicted octanol–water partition coefficient (Wildman–Crippen LogP) is 3.06. The summed E-state index contributed by atoms with van der Waals surface area (Å²) in [5.74, 6) is -1.24. The lowest BCUT2D eigenvalue weighted by atomic mass is 9.83. The summed E-state index contributed by atoms with van der Waals surface area (Å²) >= 11 is 0. The van der Waals surface area contributed by atoms with Crippen LogP contribution in [-0.2, 0) is 39.9 Å². The van der Waals surface area contributed by atoms with Crippen molar-refractivity contribution in [1.82, 2.24) is 10.6 Å². The average Bonchev–Trinajstić information content (AvgIpc) is 2.91. The minimum absolute atomic E-state index is 0.0338. The van der Waals surface area contributed by atoms with Crippen molar-refractivity contribution in [1.29, 1.82) is 0 Å². The molecule has 0 bridgehead atoms. The molecule has 1 unspecified atom stereocenters. The number of hydrogen-bond donors (Lipinski definition) is 3. The van der Waals surface area contributed by atoms with E-state index in [4.69, 9.17) is 4.74 Å². The highest BCUT2D eigenvalue weighted by molar-refractivity contribution is 6.04. The van der Waals surface area contributed by atoms with Crippen LogP contribution in [-0.4, -0.2) is 61.4 Å². The minimum atomic E-state index is -0.491. The Hall–Kier alpha value is -3.40. The Morgan fingerprint density at radius 1 is 0.825 bits per heavy atom. The summed E-state index contributed by atoms with van der Waals surface area (Å²) in [7, 11) is 0. The number of carbonyl (C=O) groups excluding carboxylic acids is 6. The molecule has 1 aromatic rings. The van der Waals surface area contributed by atoms with Gasteiger partial charge >= 0.3 is 0 Å². The van der Waals surface area contributed by atoms with Crippen molar-refractivity contribution in [3.63, 3.8) is 0 Å². The van der Waals surface area contributed by atoms with Gasteiger partial charge in [0, 0.05) is 51.1 Å². The zero-order chi connectivity index (χ0) is 29.2. The highest BCUT2D eigenvalue weighted by atomic mass is 16.5. The fourth-order valence-electron chi connectivity index (χ4n) is 4.46. The van der Waals surface area contributed by atoms with Gasteiger partial charge in [0.05, 0.1) is 12.5 Å². The summed E-state index contributed by atoms with van der Waals surface area (Å²) in [4.78, 5) is 71.3. The molecule has 1 saturated carbocycles. The Bertz CT molecular complexity index is 1010. The van der Waals surface area contributed by atoms with Gasteiger partial charge in [-0.1, -0.05) is 25.0 Å². The number of unbranched alkanes of at least 4 members (excludes halogenated alkanes) is 2. The molecule has 0 saturated heterocycles. The Morgan fingerprint density at radius 3 is 2.30 bits per heavy atom. The molecule has 0 spiro atoms. The number of anilines is 1. The van der Waals surface area contributed by atoms with E-state index in [1.807, 2.05) is 0 Å². The van der Waals surface area contributed by atoms with E-state index in [0.29, 0.717) is 50.9 Å². The van der Waals surface area contributed by atoms with Crippen LogP contribution in [0.3, 0.4) is 0 Å². The summed E-state index contributed by atoms with van der Waals surface area (Å²) in [6.07, 6.45) is 6.86. The summed E-state index contributed by atoms with van der Waals surface area (Å²) in [6, 6.07) is 6.82. The van der Waals surface area contributed by atoms with Gasteiger partial charge in [0.1, 0.15) is 23.8 Å². The normalized spacial score (nSPS) is 14.8. The van der Waals surface area contributed by atoms with Gasteiger partial charge in [-0.15, -0.1) is 0 Å². The van der Waals surface area contributed by atoms with Crippen molar-refractivity contribution in [3.05, 3.63) is 29.8 Å². The second-order valence-electron chi connectivity index (χ2n) is 10.3. The summed E-state index contributed by atoms with van der Waals surface area (Å²) in [6.45, 7) is 3.10. The number of rotatable bonds is 19. The maximum atomic E-state index is 12.5. The van der Waals surface area contributed by atoms with Gasteiger partial charge in [0.25, 0.3) is 0 Å². The van der Waals surface area contributed by atoms with Gasteiger partial charge in [0.2, 0.25) is 17.7 Å². The summed E-state index contributed by atoms with van der Waals surface area (Å²) in [5.41, 5.74) is 1.29. The number of amides is 3. The molecule has 1 aliphatic rings. The van der Waals surface area contributed by atoms with E-state index in [9.17, 15) is 28.8 Å². The van der Waals surface area contributed by atoms with E-state index in [-0.39, 0.29) is 49.3 Å². The van der Waals surface area contributed by atoms with E-state index in [2.05, 4.69) is 16.0 Å². The molecule has 0 aliphatic heterocycles. The fourth-order valence-corrected chi connectivity index (χ4v) is 4.46. The molecule has 40 heavy (non-hydrogen) atoms. The Labute approximate surface area is 236 Å². The molecule has 3 N–H and O–H groups in total. The first-order valence-corrected chi connectivity index (χ1v) is 14.3. The first-order valence-electron chi connectivity index (χ1n) is 14.3. The largest absolute Gasteiger partial charge is 0.380 e. The molecule has 1 aliphatic carbocycles. The van der Waals surface area contributed by atoms with Crippen LogP contribution in [0, 0.1) is 5.92 Å². The number of Topliss-reactive ketones (excluding diaryl/α,β-unsaturated/α-hetero) is 3. The van der Waals surface area contributed by atoms with Crippen LogP contribution in [0.2, 0.25) is 0 Å². The zero-order valence-electron chi connectivity index (χ0n) is 23.6. The van der Waals surface area contributed by atoms with Crippen LogP contribution in [0.1, 0.15) is 83.1 Å². The van der Waals surface area contributed by atoms with E-state index in [0.717, 1.165) is 37.7 Å². The fraction of sp³-hybridized carbons (Fsp3) is 0.600. The number of hydrogen-bond acceptors (Lipinski definition) is 7. The van der Waals surface area contributed by atoms with Gasteiger partial charge in [-0.25, -0.2) is 0 Å². The molecule has 10 nitrogen and oxygen atoms in total. The molecule has 220 valence electrons. The second kappa shape index (κ2) is 18.8. The van der Waals surface area contributed by atoms with Crippen molar-refractivity contribution in [2.24, 2.45) is 5.92 Å². The van der Waals surface area contributed by atoms with Crippen LogP contribution < -0.4 is 16.0 Å². The lowest BCUT2D eigenvalue weighted by molar-refractivity contribution is -0.134. The van der Waals surface area contributed by atoms with Crippen molar-refractivity contribution in [3.8, 4) is 0 Å². The molecule has 1 atom stereocenters. The summed E-state index contributed by atoms with van der Waals surface area (Å²) in [5, 5.41) is 8.13. The number of ether oxygens (including phenoxy) is 1. The van der Waals surface area contributed by atoms with Gasteiger partial charge in [-0.2, -0.15) is 0 Å². The molecule has 0 aromatic heterocycles. The Morgan fingerprint density at radius 2 is 1.57 bits per heavy atom. The monoisotopic (exact) mass is 557 g/mol. The molecule has 1 fully saturated rings. The first-order chi connectivity index (χ1) is 19.2. The first kappa shape index (κ1) is 32.8. The van der Waals surface area contributed by atoms with Crippen molar-refractivity contribution < 1.29 is 33.5 Å². The molecule has 0 radical (unpaired) electrons. The zero-order valence-corrected chi connectivity index (χ0v) is 23.6. The molecular weight excluding hydrogens is 514 g/mol. The van der Waals surface area contributed by atoms with Crippen molar-refractivity contribution >= 4 is 40.8 Å². The van der Waals surface area contributed by atoms with E-state index in [1.54, 1.807) is 31.2 Å². The number of ketones is 3. The molecule has 0 heterocycles. The molecular formula is C30H43N3O7. The maximum absolute atomic E-state index is 12.5. The highest BCUT2D eigenvalue weighted by Crippen LogP contribution is 2.23. The molecule has 3 amide bonds. The Balaban J connectivity index is 1.50. The quantitative estimate of drug-likeness (QED) is 0.175. The second-order valence-corrected chi connectivity index (χ2v) is 10.3. The lowest BCUT2D eigenvalue weighted by Crippen LogP contribution is -2.31. The smallest absolute Gasteiger partial charge is 0.233 e. The topological polar surface area (TPSA) is 148 Å². The predicted molar refractivity (Wildman–Crippen MR) is 151 cm³/mol. The lowest BCUT2D eigenvalue weighted by Gasteiger charge is -2.19. The third-order valence-electron chi connectivity index (χ3n) is 6.67. The maximum Gasteiger partial charge on any atom is 0.233 e. The van der Waals surface area contributed by atoms with Gasteiger partial charge in [0.15, 0.2) is 0 Å². The number of nitrogens with one attached hydrogen (secondary N) is 3. The number of carbonyl (C=O) groups is 6. The standard InChI is InChI=1S/C30H43N3O7/c1-22(34)8-3-2-6-16-31-28(37)11-7-18-40-19-17-32-29(38)21-30(39)33-24-14-12-23(13-15-24)20-27(36)25-9-4-5-10-26(25)35/h12-15,25H,2-11,16-21H2,1H3,(H,31,37)(H,32,38)(H,33,39). The van der Waals surface area contributed by atoms with Gasteiger partial charge in [-0.05, 0) is 56.7 Å². The molecule has 10 heteroatoms. The van der Waals surface area contributed by atoms with E-state index < -0.39 is 17.7 Å².